The Balaban J connectivity index is 0.872. The number of nitrogens with zero attached hydrogens (tertiary/aromatic N) is 5. The third-order valence-corrected chi connectivity index (χ3v) is 13.2. The van der Waals surface area contributed by atoms with Crippen LogP contribution in [0.25, 0.3) is 16.7 Å². The van der Waals surface area contributed by atoms with Crippen LogP contribution in [0.4, 0.5) is 0 Å². The SMILES string of the molecule is C[C@@H](c1ccccc1)N1CC[C@@H](CN2CCC(Cc3ccc4c(c3)n(C)c(=O)n4-c3ccc(OCc4ccccc4)nc3OCc3ccccc3)CC2)[C@H]1C(=O)OCc1ccccc1. The molecular weight excluding hydrogens is 799 g/mol. The molecule has 0 amide bonds. The maximum atomic E-state index is 14.1. The zero-order chi connectivity index (χ0) is 43.8. The van der Waals surface area contributed by atoms with Crippen molar-refractivity contribution in [2.75, 3.05) is 26.2 Å². The van der Waals surface area contributed by atoms with E-state index in [4.69, 9.17) is 19.2 Å². The Hall–Kier alpha value is -6.49. The van der Waals surface area contributed by atoms with Gasteiger partial charge < -0.3 is 19.1 Å². The normalized spacial score (nSPS) is 17.7. The Morgan fingerprint density at radius 2 is 1.28 bits per heavy atom. The molecule has 0 saturated carbocycles. The molecule has 2 aliphatic rings. The number of rotatable bonds is 16. The quantitative estimate of drug-likeness (QED) is 0.0890. The van der Waals surface area contributed by atoms with E-state index in [1.165, 1.54) is 11.1 Å². The van der Waals surface area contributed by atoms with Gasteiger partial charge in [-0.05, 0) is 110 Å². The van der Waals surface area contributed by atoms with E-state index in [0.29, 0.717) is 36.6 Å². The van der Waals surface area contributed by atoms with Gasteiger partial charge in [0.25, 0.3) is 0 Å². The first-order valence-corrected chi connectivity index (χ1v) is 22.7. The highest BCUT2D eigenvalue weighted by atomic mass is 16.5. The molecule has 3 atom stereocenters. The van der Waals surface area contributed by atoms with Gasteiger partial charge in [-0.1, -0.05) is 127 Å². The zero-order valence-electron chi connectivity index (χ0n) is 36.8. The Labute approximate surface area is 375 Å². The van der Waals surface area contributed by atoms with Crippen molar-refractivity contribution in [2.45, 2.75) is 64.5 Å². The van der Waals surface area contributed by atoms with E-state index in [-0.39, 0.29) is 36.3 Å². The Morgan fingerprint density at radius 3 is 1.94 bits per heavy atom. The van der Waals surface area contributed by atoms with Gasteiger partial charge in [-0.3, -0.25) is 18.8 Å². The standard InChI is InChI=1S/C54H57N5O5/c1-39(45-21-13-6-14-22-45)58-32-29-46(51(58)53(60)64-38-43-19-11-5-12-20-43)35-57-30-27-40(28-31-57)33-44-23-24-47-49(34-44)56(2)54(61)59(47)48-25-26-50(62-36-41-15-7-3-8-16-41)55-52(48)63-37-42-17-9-4-10-18-42/h3-26,34,39-40,46,51H,27-33,35-38H2,1-2H3/t39-,46-,51-/m0/s1. The molecule has 7 aromatic rings. The molecule has 0 radical (unpaired) electrons. The third-order valence-electron chi connectivity index (χ3n) is 13.2. The number of hydrogen-bond donors (Lipinski definition) is 0. The summed E-state index contributed by atoms with van der Waals surface area (Å²) in [4.78, 5) is 37.7. The fourth-order valence-electron chi connectivity index (χ4n) is 9.58. The number of hydrogen-bond acceptors (Lipinski definition) is 8. The van der Waals surface area contributed by atoms with Crippen molar-refractivity contribution in [3.8, 4) is 17.4 Å². The second kappa shape index (κ2) is 19.9. The van der Waals surface area contributed by atoms with E-state index in [9.17, 15) is 9.59 Å². The lowest BCUT2D eigenvalue weighted by molar-refractivity contribution is -0.152. The number of pyridine rings is 1. The number of piperidine rings is 1. The predicted molar refractivity (Wildman–Crippen MR) is 250 cm³/mol. The maximum absolute atomic E-state index is 14.1. The summed E-state index contributed by atoms with van der Waals surface area (Å²) in [7, 11) is 1.83. The highest BCUT2D eigenvalue weighted by Crippen LogP contribution is 2.36. The van der Waals surface area contributed by atoms with Crippen molar-refractivity contribution in [3.05, 3.63) is 190 Å². The Bertz CT molecular complexity index is 2680. The van der Waals surface area contributed by atoms with Crippen LogP contribution in [0.15, 0.2) is 156 Å². The number of aromatic nitrogens is 3. The first kappa shape index (κ1) is 42.8. The first-order chi connectivity index (χ1) is 31.4. The molecule has 9 rings (SSSR count). The average molecular weight is 856 g/mol. The number of carbonyl (C=O) groups is 1. The Kier molecular flexibility index (Phi) is 13.3. The van der Waals surface area contributed by atoms with Crippen LogP contribution >= 0.6 is 0 Å². The molecule has 328 valence electrons. The molecule has 4 heterocycles. The van der Waals surface area contributed by atoms with E-state index < -0.39 is 0 Å². The van der Waals surface area contributed by atoms with Crippen LogP contribution in [0.2, 0.25) is 0 Å². The van der Waals surface area contributed by atoms with Crippen molar-refractivity contribution < 1.29 is 19.0 Å². The number of fused-ring (bicyclic) bond motifs is 1. The molecule has 0 bridgehead atoms. The molecule has 0 unspecified atom stereocenters. The largest absolute Gasteiger partial charge is 0.473 e. The van der Waals surface area contributed by atoms with Gasteiger partial charge in [-0.2, -0.15) is 4.98 Å². The topological polar surface area (TPSA) is 91.1 Å². The zero-order valence-corrected chi connectivity index (χ0v) is 36.8. The first-order valence-electron chi connectivity index (χ1n) is 22.7. The lowest BCUT2D eigenvalue weighted by atomic mass is 9.89. The molecular formula is C54H57N5O5. The molecule has 0 N–H and O–H groups in total. The van der Waals surface area contributed by atoms with E-state index in [0.717, 1.165) is 79.6 Å². The molecule has 2 saturated heterocycles. The van der Waals surface area contributed by atoms with Gasteiger partial charge in [-0.25, -0.2) is 4.79 Å². The van der Waals surface area contributed by atoms with Crippen molar-refractivity contribution in [3.63, 3.8) is 0 Å². The minimum absolute atomic E-state index is 0.108. The highest BCUT2D eigenvalue weighted by Gasteiger charge is 2.43. The fourth-order valence-corrected chi connectivity index (χ4v) is 9.58. The summed E-state index contributed by atoms with van der Waals surface area (Å²) in [6.07, 6.45) is 4.04. The Morgan fingerprint density at radius 1 is 0.672 bits per heavy atom. The minimum atomic E-state index is -0.296. The number of esters is 1. The number of ether oxygens (including phenoxy) is 3. The van der Waals surface area contributed by atoms with Crippen LogP contribution in [0.3, 0.4) is 0 Å². The van der Waals surface area contributed by atoms with Gasteiger partial charge in [0, 0.05) is 25.7 Å². The van der Waals surface area contributed by atoms with Crippen LogP contribution in [-0.2, 0) is 42.8 Å². The predicted octanol–water partition coefficient (Wildman–Crippen LogP) is 9.33. The van der Waals surface area contributed by atoms with Crippen LogP contribution in [0.5, 0.6) is 11.8 Å². The number of aryl methyl sites for hydroxylation is 1. The molecule has 2 fully saturated rings. The van der Waals surface area contributed by atoms with Gasteiger partial charge in [0.05, 0.1) is 11.0 Å². The molecule has 64 heavy (non-hydrogen) atoms. The lowest BCUT2D eigenvalue weighted by Gasteiger charge is -2.36. The molecule has 5 aromatic carbocycles. The summed E-state index contributed by atoms with van der Waals surface area (Å²) in [6.45, 7) is 6.87. The van der Waals surface area contributed by atoms with Gasteiger partial charge >= 0.3 is 11.7 Å². The van der Waals surface area contributed by atoms with Gasteiger partial charge in [-0.15, -0.1) is 0 Å². The summed E-state index contributed by atoms with van der Waals surface area (Å²) in [6, 6.07) is 50.2. The number of carbonyl (C=O) groups excluding carboxylic acids is 1. The summed E-state index contributed by atoms with van der Waals surface area (Å²) < 4.78 is 21.9. The van der Waals surface area contributed by atoms with Crippen molar-refractivity contribution in [1.82, 2.24) is 23.9 Å². The van der Waals surface area contributed by atoms with Crippen LogP contribution in [0, 0.1) is 11.8 Å². The summed E-state index contributed by atoms with van der Waals surface area (Å²) in [5.74, 6) is 1.33. The molecule has 2 aliphatic heterocycles. The number of benzene rings is 5. The summed E-state index contributed by atoms with van der Waals surface area (Å²) >= 11 is 0. The fraction of sp³-hybridized carbons (Fsp3) is 0.315. The van der Waals surface area contributed by atoms with Gasteiger partial charge in [0.15, 0.2) is 0 Å². The summed E-state index contributed by atoms with van der Waals surface area (Å²) in [5, 5.41) is 0. The van der Waals surface area contributed by atoms with E-state index in [1.54, 1.807) is 15.2 Å². The van der Waals surface area contributed by atoms with Crippen molar-refractivity contribution >= 4 is 17.0 Å². The number of imidazole rings is 1. The molecule has 0 spiro atoms. The van der Waals surface area contributed by atoms with Crippen LogP contribution in [-0.4, -0.2) is 62.1 Å². The second-order valence-corrected chi connectivity index (χ2v) is 17.4. The molecule has 2 aromatic heterocycles. The maximum Gasteiger partial charge on any atom is 0.333 e. The number of likely N-dealkylation sites (tertiary alicyclic amines) is 2. The van der Waals surface area contributed by atoms with Gasteiger partial charge in [0.2, 0.25) is 11.8 Å². The van der Waals surface area contributed by atoms with Crippen LogP contribution < -0.4 is 15.2 Å². The minimum Gasteiger partial charge on any atom is -0.473 e. The summed E-state index contributed by atoms with van der Waals surface area (Å²) in [5.41, 5.74) is 7.50. The third kappa shape index (κ3) is 9.83. The molecule has 0 aliphatic carbocycles. The monoisotopic (exact) mass is 855 g/mol. The lowest BCUT2D eigenvalue weighted by Crippen LogP contribution is -2.46. The smallest absolute Gasteiger partial charge is 0.333 e. The second-order valence-electron chi connectivity index (χ2n) is 17.4. The van der Waals surface area contributed by atoms with Crippen molar-refractivity contribution in [1.29, 1.82) is 0 Å². The average Bonchev–Trinajstić information content (AvgIpc) is 3.87. The van der Waals surface area contributed by atoms with E-state index in [2.05, 4.69) is 59.2 Å². The molecule has 10 nitrogen and oxygen atoms in total. The van der Waals surface area contributed by atoms with Gasteiger partial charge in [0.1, 0.15) is 31.5 Å². The highest BCUT2D eigenvalue weighted by molar-refractivity contribution is 5.79. The van der Waals surface area contributed by atoms with E-state index in [1.807, 2.05) is 110 Å². The van der Waals surface area contributed by atoms with Crippen molar-refractivity contribution in [2.24, 2.45) is 18.9 Å². The van der Waals surface area contributed by atoms with Crippen LogP contribution in [0.1, 0.15) is 60.0 Å². The molecule has 10 heteroatoms. The van der Waals surface area contributed by atoms with E-state index >= 15 is 0 Å².